The van der Waals surface area contributed by atoms with E-state index in [1.54, 1.807) is 34.8 Å². The van der Waals surface area contributed by atoms with Gasteiger partial charge in [-0.25, -0.2) is 4.79 Å². The third kappa shape index (κ3) is 12.6. The van der Waals surface area contributed by atoms with Gasteiger partial charge in [-0.05, 0) is 48.0 Å². The zero-order chi connectivity index (χ0) is 21.6. The summed E-state index contributed by atoms with van der Waals surface area (Å²) in [4.78, 5) is 10.8. The lowest BCUT2D eigenvalue weighted by atomic mass is 10.5. The Morgan fingerprint density at radius 1 is 0.929 bits per heavy atom. The minimum Gasteiger partial charge on any atom is -0.374 e. The van der Waals surface area contributed by atoms with Crippen molar-refractivity contribution >= 4 is 14.8 Å². The van der Waals surface area contributed by atoms with Gasteiger partial charge in [0.2, 0.25) is 0 Å². The Balaban J connectivity index is 4.69. The predicted octanol–water partition coefficient (Wildman–Crippen LogP) is 2.15. The van der Waals surface area contributed by atoms with Crippen molar-refractivity contribution in [3.63, 3.8) is 0 Å². The Morgan fingerprint density at radius 2 is 1.43 bits per heavy atom. The molecule has 0 saturated heterocycles. The summed E-state index contributed by atoms with van der Waals surface area (Å²) in [5, 5.41) is 2.55. The average molecular weight is 427 g/mol. The first kappa shape index (κ1) is 27.2. The van der Waals surface area contributed by atoms with Crippen LogP contribution in [0.3, 0.4) is 0 Å². The SMILES string of the molecule is CCO[Si](CCCNC(N)=O)(OCC)OC(C)OC(C)OC(C)OC(C)OC. The number of amides is 2. The van der Waals surface area contributed by atoms with E-state index < -0.39 is 33.7 Å². The molecule has 28 heavy (non-hydrogen) atoms. The highest BCUT2D eigenvalue weighted by Crippen LogP contribution is 2.21. The Bertz CT molecular complexity index is 413. The minimum absolute atomic E-state index is 0.388. The molecule has 0 aromatic carbocycles. The number of primary amides is 1. The third-order valence-electron chi connectivity index (χ3n) is 3.51. The molecule has 0 aliphatic carbocycles. The van der Waals surface area contributed by atoms with Crippen molar-refractivity contribution in [2.75, 3.05) is 26.9 Å². The average Bonchev–Trinajstić information content (AvgIpc) is 2.58. The molecule has 0 aliphatic rings. The van der Waals surface area contributed by atoms with Crippen molar-refractivity contribution in [1.82, 2.24) is 5.32 Å². The Hall–Kier alpha value is -0.793. The molecule has 0 fully saturated rings. The molecular formula is C17H38N2O8Si. The number of rotatable bonds is 17. The molecule has 0 radical (unpaired) electrons. The lowest BCUT2D eigenvalue weighted by Gasteiger charge is -2.33. The summed E-state index contributed by atoms with van der Waals surface area (Å²) in [6.45, 7) is 12.1. The molecule has 0 heterocycles. The summed E-state index contributed by atoms with van der Waals surface area (Å²) in [6.07, 6.45) is -1.51. The fourth-order valence-electron chi connectivity index (χ4n) is 2.48. The fourth-order valence-corrected chi connectivity index (χ4v) is 5.16. The standard InChI is InChI=1S/C17H38N2O8Si/c1-8-22-28(23-9-2,12-10-11-19-17(18)20)27-16(6)26-15(5)25-14(4)24-13(3)21-7/h13-16H,8-12H2,1-7H3,(H3,18,19,20). The summed E-state index contributed by atoms with van der Waals surface area (Å²) in [5.74, 6) is 0. The molecule has 4 atom stereocenters. The molecule has 2 amide bonds. The first-order valence-electron chi connectivity index (χ1n) is 9.66. The molecule has 10 nitrogen and oxygen atoms in total. The molecule has 11 heteroatoms. The van der Waals surface area contributed by atoms with Crippen molar-refractivity contribution in [3.05, 3.63) is 0 Å². The van der Waals surface area contributed by atoms with E-state index in [1.165, 1.54) is 0 Å². The molecule has 4 unspecified atom stereocenters. The van der Waals surface area contributed by atoms with Crippen molar-refractivity contribution < 1.29 is 37.0 Å². The van der Waals surface area contributed by atoms with Crippen LogP contribution in [0.15, 0.2) is 0 Å². The zero-order valence-corrected chi connectivity index (χ0v) is 19.2. The van der Waals surface area contributed by atoms with Crippen molar-refractivity contribution in [2.24, 2.45) is 5.73 Å². The highest BCUT2D eigenvalue weighted by molar-refractivity contribution is 6.60. The van der Waals surface area contributed by atoms with Crippen molar-refractivity contribution in [1.29, 1.82) is 0 Å². The number of nitrogens with two attached hydrogens (primary N) is 1. The van der Waals surface area contributed by atoms with Crippen LogP contribution in [-0.2, 0) is 32.2 Å². The van der Waals surface area contributed by atoms with Crippen LogP contribution in [0.1, 0.15) is 48.0 Å². The molecule has 0 spiro atoms. The van der Waals surface area contributed by atoms with E-state index in [0.29, 0.717) is 32.2 Å². The van der Waals surface area contributed by atoms with E-state index in [-0.39, 0.29) is 6.29 Å². The summed E-state index contributed by atoms with van der Waals surface area (Å²) in [6, 6.07) is -0.0502. The maximum Gasteiger partial charge on any atom is 0.502 e. The second-order valence-corrected chi connectivity index (χ2v) is 8.66. The van der Waals surface area contributed by atoms with E-state index in [0.717, 1.165) is 0 Å². The van der Waals surface area contributed by atoms with E-state index in [4.69, 9.17) is 38.0 Å². The number of carbonyl (C=O) groups excluding carboxylic acids is 1. The molecule has 0 rings (SSSR count). The van der Waals surface area contributed by atoms with Gasteiger partial charge in [-0.1, -0.05) is 0 Å². The summed E-state index contributed by atoms with van der Waals surface area (Å²) in [7, 11) is -1.44. The second-order valence-electron chi connectivity index (χ2n) is 5.98. The molecule has 0 aromatic heterocycles. The summed E-state index contributed by atoms with van der Waals surface area (Å²) < 4.78 is 39.7. The molecule has 0 saturated carbocycles. The number of methoxy groups -OCH3 is 1. The van der Waals surface area contributed by atoms with Crippen LogP contribution in [0, 0.1) is 0 Å². The highest BCUT2D eigenvalue weighted by Gasteiger charge is 2.42. The van der Waals surface area contributed by atoms with Crippen LogP contribution in [0.25, 0.3) is 0 Å². The number of nitrogens with one attached hydrogen (secondary N) is 1. The van der Waals surface area contributed by atoms with Crippen molar-refractivity contribution in [2.45, 2.75) is 79.2 Å². The smallest absolute Gasteiger partial charge is 0.374 e. The highest BCUT2D eigenvalue weighted by atomic mass is 28.4. The van der Waals surface area contributed by atoms with Crippen LogP contribution < -0.4 is 11.1 Å². The number of hydrogen-bond donors (Lipinski definition) is 2. The van der Waals surface area contributed by atoms with Crippen LogP contribution >= 0.6 is 0 Å². The van der Waals surface area contributed by atoms with Crippen molar-refractivity contribution in [3.8, 4) is 0 Å². The summed E-state index contributed by atoms with van der Waals surface area (Å²) >= 11 is 0. The van der Waals surface area contributed by atoms with E-state index >= 15 is 0 Å². The maximum atomic E-state index is 10.8. The zero-order valence-electron chi connectivity index (χ0n) is 18.2. The van der Waals surface area contributed by atoms with Gasteiger partial charge in [0.15, 0.2) is 25.2 Å². The monoisotopic (exact) mass is 426 g/mol. The number of hydrogen-bond acceptors (Lipinski definition) is 8. The van der Waals surface area contributed by atoms with Crippen LogP contribution in [-0.4, -0.2) is 66.9 Å². The van der Waals surface area contributed by atoms with Gasteiger partial charge < -0.3 is 43.3 Å². The topological polar surface area (TPSA) is 120 Å². The maximum absolute atomic E-state index is 10.8. The van der Waals surface area contributed by atoms with Crippen LogP contribution in [0.2, 0.25) is 6.04 Å². The largest absolute Gasteiger partial charge is 0.502 e. The van der Waals surface area contributed by atoms with E-state index in [2.05, 4.69) is 5.32 Å². The van der Waals surface area contributed by atoms with Gasteiger partial charge >= 0.3 is 14.8 Å². The van der Waals surface area contributed by atoms with Gasteiger partial charge in [-0.3, -0.25) is 0 Å². The van der Waals surface area contributed by atoms with Gasteiger partial charge in [0.1, 0.15) is 0 Å². The molecule has 168 valence electrons. The lowest BCUT2D eigenvalue weighted by Crippen LogP contribution is -2.49. The molecule has 0 bridgehead atoms. The quantitative estimate of drug-likeness (QED) is 0.206. The Labute approximate surface area is 169 Å². The first-order valence-corrected chi connectivity index (χ1v) is 11.6. The summed E-state index contributed by atoms with van der Waals surface area (Å²) in [5.41, 5.74) is 5.09. The first-order chi connectivity index (χ1) is 13.2. The van der Waals surface area contributed by atoms with E-state index in [1.807, 2.05) is 13.8 Å². The van der Waals surface area contributed by atoms with Crippen LogP contribution in [0.4, 0.5) is 4.79 Å². The lowest BCUT2D eigenvalue weighted by molar-refractivity contribution is -0.298. The third-order valence-corrected chi connectivity index (χ3v) is 6.63. The van der Waals surface area contributed by atoms with E-state index in [9.17, 15) is 4.79 Å². The Morgan fingerprint density at radius 3 is 1.89 bits per heavy atom. The number of carbonyl (C=O) groups is 1. The molecule has 0 aliphatic heterocycles. The fraction of sp³-hybridized carbons (Fsp3) is 0.941. The number of urea groups is 1. The Kier molecular flexibility index (Phi) is 14.7. The van der Waals surface area contributed by atoms with Gasteiger partial charge in [0.05, 0.1) is 0 Å². The molecule has 3 N–H and O–H groups in total. The second kappa shape index (κ2) is 15.1. The number of ether oxygens (including phenoxy) is 4. The van der Waals surface area contributed by atoms with Gasteiger partial charge in [0.25, 0.3) is 0 Å². The minimum atomic E-state index is -2.99. The van der Waals surface area contributed by atoms with Crippen LogP contribution in [0.5, 0.6) is 0 Å². The van der Waals surface area contributed by atoms with Gasteiger partial charge in [-0.2, -0.15) is 0 Å². The van der Waals surface area contributed by atoms with Gasteiger partial charge in [-0.15, -0.1) is 0 Å². The molecule has 0 aromatic rings. The normalized spacial score (nSPS) is 16.4. The predicted molar refractivity (Wildman–Crippen MR) is 105 cm³/mol. The molecular weight excluding hydrogens is 388 g/mol. The van der Waals surface area contributed by atoms with Gasteiger partial charge in [0, 0.05) is 32.9 Å².